The average Bonchev–Trinajstić information content (AvgIpc) is 2.15. The monoisotopic (exact) mass is 222 g/mol. The fourth-order valence-electron chi connectivity index (χ4n) is 1.48. The van der Waals surface area contributed by atoms with E-state index >= 15 is 0 Å². The predicted molar refractivity (Wildman–Crippen MR) is 60.0 cm³/mol. The van der Waals surface area contributed by atoms with Crippen LogP contribution in [0.3, 0.4) is 0 Å². The number of carboxylic acids is 1. The zero-order valence-corrected chi connectivity index (χ0v) is 9.15. The molecule has 5 heteroatoms. The molecule has 0 radical (unpaired) electrons. The maximum absolute atomic E-state index is 10.9. The van der Waals surface area contributed by atoms with Gasteiger partial charge >= 0.3 is 5.97 Å². The maximum Gasteiger partial charge on any atom is 0.335 e. The Morgan fingerprint density at radius 3 is 2.50 bits per heavy atom. The summed E-state index contributed by atoms with van der Waals surface area (Å²) in [5.41, 5.74) is 6.93. The van der Waals surface area contributed by atoms with Crippen LogP contribution < -0.4 is 11.1 Å². The number of carbonyl (C=O) groups excluding carboxylic acids is 1. The predicted octanol–water partition coefficient (Wildman–Crippen LogP) is 1.16. The van der Waals surface area contributed by atoms with Gasteiger partial charge in [0.1, 0.15) is 0 Å². The van der Waals surface area contributed by atoms with Gasteiger partial charge < -0.3 is 16.2 Å². The molecule has 1 aromatic rings. The van der Waals surface area contributed by atoms with E-state index in [0.717, 1.165) is 0 Å². The number of anilines is 1. The molecule has 0 saturated carbocycles. The van der Waals surface area contributed by atoms with Gasteiger partial charge in [-0.25, -0.2) is 4.79 Å². The van der Waals surface area contributed by atoms with Crippen molar-refractivity contribution in [1.82, 2.24) is 5.32 Å². The van der Waals surface area contributed by atoms with Gasteiger partial charge in [0, 0.05) is 12.6 Å². The topological polar surface area (TPSA) is 92.4 Å². The van der Waals surface area contributed by atoms with Crippen molar-refractivity contribution in [2.24, 2.45) is 0 Å². The number of carbonyl (C=O) groups is 2. The second-order valence-corrected chi connectivity index (χ2v) is 3.57. The first-order valence-electron chi connectivity index (χ1n) is 4.81. The number of nitrogens with one attached hydrogen (secondary N) is 1. The van der Waals surface area contributed by atoms with E-state index in [2.05, 4.69) is 5.32 Å². The lowest BCUT2D eigenvalue weighted by Gasteiger charge is -2.15. The molecule has 0 aliphatic heterocycles. The third kappa shape index (κ3) is 2.73. The number of hydrogen-bond acceptors (Lipinski definition) is 3. The number of hydrogen-bond donors (Lipinski definition) is 3. The number of nitrogens with two attached hydrogens (primary N) is 1. The van der Waals surface area contributed by atoms with Crippen LogP contribution >= 0.6 is 0 Å². The fraction of sp³-hybridized carbons (Fsp3) is 0.273. The van der Waals surface area contributed by atoms with Crippen molar-refractivity contribution in [2.45, 2.75) is 19.9 Å². The molecular weight excluding hydrogens is 208 g/mol. The van der Waals surface area contributed by atoms with Crippen LogP contribution in [0.25, 0.3) is 0 Å². The molecule has 0 unspecified atom stereocenters. The van der Waals surface area contributed by atoms with Crippen molar-refractivity contribution in [3.05, 3.63) is 29.3 Å². The second-order valence-electron chi connectivity index (χ2n) is 3.57. The van der Waals surface area contributed by atoms with Crippen molar-refractivity contribution >= 4 is 17.6 Å². The molecule has 0 aromatic heterocycles. The van der Waals surface area contributed by atoms with E-state index < -0.39 is 5.97 Å². The Kier molecular flexibility index (Phi) is 3.50. The number of benzene rings is 1. The Hall–Kier alpha value is -2.04. The molecule has 0 saturated heterocycles. The lowest BCUT2D eigenvalue weighted by Crippen LogP contribution is -2.24. The lowest BCUT2D eigenvalue weighted by molar-refractivity contribution is -0.119. The number of aromatic carboxylic acids is 1. The van der Waals surface area contributed by atoms with Crippen LogP contribution in [0.15, 0.2) is 18.2 Å². The van der Waals surface area contributed by atoms with Gasteiger partial charge in [0.15, 0.2) is 0 Å². The molecule has 0 spiro atoms. The van der Waals surface area contributed by atoms with Crippen molar-refractivity contribution in [1.29, 1.82) is 0 Å². The molecule has 0 aliphatic carbocycles. The summed E-state index contributed by atoms with van der Waals surface area (Å²) in [5, 5.41) is 11.4. The highest BCUT2D eigenvalue weighted by molar-refractivity contribution is 5.89. The highest BCUT2D eigenvalue weighted by Crippen LogP contribution is 2.21. The standard InChI is InChI=1S/C11H14N2O3/c1-6(13-7(2)14)9-4-3-8(11(15)16)5-10(9)12/h3-6H,12H2,1-2H3,(H,13,14)(H,15,16)/t6-/m1/s1. The summed E-state index contributed by atoms with van der Waals surface area (Å²) in [7, 11) is 0. The minimum absolute atomic E-state index is 0.135. The molecule has 16 heavy (non-hydrogen) atoms. The summed E-state index contributed by atoms with van der Waals surface area (Å²) in [6.45, 7) is 3.20. The molecule has 1 amide bonds. The molecule has 0 bridgehead atoms. The molecule has 0 aliphatic rings. The van der Waals surface area contributed by atoms with Gasteiger partial charge in [0.05, 0.1) is 11.6 Å². The van der Waals surface area contributed by atoms with Gasteiger partial charge in [-0.05, 0) is 24.6 Å². The van der Waals surface area contributed by atoms with Crippen LogP contribution in [0.5, 0.6) is 0 Å². The number of nitrogen functional groups attached to an aromatic ring is 1. The van der Waals surface area contributed by atoms with Gasteiger partial charge in [-0.15, -0.1) is 0 Å². The largest absolute Gasteiger partial charge is 0.478 e. The molecule has 5 nitrogen and oxygen atoms in total. The Balaban J connectivity index is 2.98. The van der Waals surface area contributed by atoms with Gasteiger partial charge in [0.2, 0.25) is 5.91 Å². The average molecular weight is 222 g/mol. The highest BCUT2D eigenvalue weighted by atomic mass is 16.4. The zero-order chi connectivity index (χ0) is 12.3. The summed E-state index contributed by atoms with van der Waals surface area (Å²) >= 11 is 0. The Labute approximate surface area is 93.3 Å². The molecule has 1 rings (SSSR count). The number of amides is 1. The fourth-order valence-corrected chi connectivity index (χ4v) is 1.48. The summed E-state index contributed by atoms with van der Waals surface area (Å²) in [4.78, 5) is 21.6. The molecule has 1 aromatic carbocycles. The van der Waals surface area contributed by atoms with Crippen molar-refractivity contribution < 1.29 is 14.7 Å². The quantitative estimate of drug-likeness (QED) is 0.669. The van der Waals surface area contributed by atoms with Gasteiger partial charge in [-0.1, -0.05) is 6.07 Å². The number of carboxylic acid groups (broad SMARTS) is 1. The molecular formula is C11H14N2O3. The van der Waals surface area contributed by atoms with Crippen LogP contribution in [0, 0.1) is 0 Å². The first-order valence-corrected chi connectivity index (χ1v) is 4.81. The van der Waals surface area contributed by atoms with Crippen LogP contribution in [0.4, 0.5) is 5.69 Å². The molecule has 4 N–H and O–H groups in total. The van der Waals surface area contributed by atoms with Crippen molar-refractivity contribution in [3.8, 4) is 0 Å². The van der Waals surface area contributed by atoms with E-state index in [9.17, 15) is 9.59 Å². The minimum Gasteiger partial charge on any atom is -0.478 e. The SMILES string of the molecule is CC(=O)N[C@H](C)c1ccc(C(=O)O)cc1N. The van der Waals surface area contributed by atoms with Crippen LogP contribution in [-0.2, 0) is 4.79 Å². The van der Waals surface area contributed by atoms with Crippen LogP contribution in [-0.4, -0.2) is 17.0 Å². The third-order valence-electron chi connectivity index (χ3n) is 2.22. The van der Waals surface area contributed by atoms with Crippen LogP contribution in [0.1, 0.15) is 35.8 Å². The van der Waals surface area contributed by atoms with Crippen LogP contribution in [0.2, 0.25) is 0 Å². The maximum atomic E-state index is 10.9. The first-order chi connectivity index (χ1) is 7.41. The van der Waals surface area contributed by atoms with E-state index in [1.54, 1.807) is 13.0 Å². The van der Waals surface area contributed by atoms with E-state index in [1.807, 2.05) is 0 Å². The van der Waals surface area contributed by atoms with Gasteiger partial charge in [-0.2, -0.15) is 0 Å². The first kappa shape index (κ1) is 12.0. The molecule has 0 heterocycles. The van der Waals surface area contributed by atoms with E-state index in [-0.39, 0.29) is 17.5 Å². The minimum atomic E-state index is -1.02. The summed E-state index contributed by atoms with van der Waals surface area (Å²) in [6, 6.07) is 4.22. The highest BCUT2D eigenvalue weighted by Gasteiger charge is 2.12. The molecule has 1 atom stereocenters. The summed E-state index contributed by atoms with van der Waals surface area (Å²) in [6.07, 6.45) is 0. The number of rotatable bonds is 3. The van der Waals surface area contributed by atoms with E-state index in [4.69, 9.17) is 10.8 Å². The van der Waals surface area contributed by atoms with Crippen molar-refractivity contribution in [3.63, 3.8) is 0 Å². The summed E-state index contributed by atoms with van der Waals surface area (Å²) < 4.78 is 0. The Bertz CT molecular complexity index is 429. The Morgan fingerprint density at radius 2 is 2.06 bits per heavy atom. The Morgan fingerprint density at radius 1 is 1.44 bits per heavy atom. The zero-order valence-electron chi connectivity index (χ0n) is 9.15. The third-order valence-corrected chi connectivity index (χ3v) is 2.22. The lowest BCUT2D eigenvalue weighted by atomic mass is 10.0. The normalized spacial score (nSPS) is 11.9. The van der Waals surface area contributed by atoms with Gasteiger partial charge in [0.25, 0.3) is 0 Å². The smallest absolute Gasteiger partial charge is 0.335 e. The van der Waals surface area contributed by atoms with E-state index in [0.29, 0.717) is 11.3 Å². The molecule has 86 valence electrons. The van der Waals surface area contributed by atoms with E-state index in [1.165, 1.54) is 19.1 Å². The van der Waals surface area contributed by atoms with Gasteiger partial charge in [-0.3, -0.25) is 4.79 Å². The second kappa shape index (κ2) is 4.65. The van der Waals surface area contributed by atoms with Crippen molar-refractivity contribution in [2.75, 3.05) is 5.73 Å². The molecule has 0 fully saturated rings. The summed E-state index contributed by atoms with van der Waals surface area (Å²) in [5.74, 6) is -1.18.